The average Bonchev–Trinajstić information content (AvgIpc) is 2.44. The summed E-state index contributed by atoms with van der Waals surface area (Å²) in [6.45, 7) is 5.74. The van der Waals surface area contributed by atoms with Crippen LogP contribution in [0.1, 0.15) is 26.7 Å². The van der Waals surface area contributed by atoms with Crippen molar-refractivity contribution in [2.45, 2.75) is 38.9 Å². The van der Waals surface area contributed by atoms with Crippen molar-refractivity contribution in [1.29, 1.82) is 0 Å². The highest BCUT2D eigenvalue weighted by molar-refractivity contribution is 6.35. The number of halogens is 2. The van der Waals surface area contributed by atoms with Gasteiger partial charge in [-0.25, -0.2) is 0 Å². The molecule has 2 atom stereocenters. The maximum atomic E-state index is 12.2. The SMILES string of the molecule is C[C@@H]1CN(C(=O)CCCOc2ccc(Cl)cc2Cl)C[C@H](C)O1. The summed E-state index contributed by atoms with van der Waals surface area (Å²) in [6, 6.07) is 5.10. The van der Waals surface area contributed by atoms with Gasteiger partial charge in [-0.15, -0.1) is 0 Å². The normalized spacial score (nSPS) is 21.7. The molecule has 1 aromatic rings. The molecule has 1 amide bonds. The van der Waals surface area contributed by atoms with Gasteiger partial charge in [0, 0.05) is 24.5 Å². The van der Waals surface area contributed by atoms with Crippen LogP contribution < -0.4 is 4.74 Å². The second-order valence-corrected chi connectivity index (χ2v) is 6.43. The van der Waals surface area contributed by atoms with Gasteiger partial charge in [0.25, 0.3) is 0 Å². The standard InChI is InChI=1S/C16H21Cl2NO3/c1-11-9-19(10-12(2)22-11)16(20)4-3-7-21-15-6-5-13(17)8-14(15)18/h5-6,8,11-12H,3-4,7,9-10H2,1-2H3/t11-,12+. The summed E-state index contributed by atoms with van der Waals surface area (Å²) >= 11 is 11.9. The highest BCUT2D eigenvalue weighted by atomic mass is 35.5. The van der Waals surface area contributed by atoms with E-state index in [1.54, 1.807) is 18.2 Å². The zero-order valence-electron chi connectivity index (χ0n) is 12.9. The van der Waals surface area contributed by atoms with Gasteiger partial charge in [0.2, 0.25) is 5.91 Å². The van der Waals surface area contributed by atoms with Crippen molar-refractivity contribution in [3.05, 3.63) is 28.2 Å². The maximum absolute atomic E-state index is 12.2. The third-order valence-electron chi connectivity index (χ3n) is 3.46. The Hall–Kier alpha value is -0.970. The molecule has 0 bridgehead atoms. The van der Waals surface area contributed by atoms with E-state index in [9.17, 15) is 4.79 Å². The van der Waals surface area contributed by atoms with E-state index in [2.05, 4.69) is 0 Å². The van der Waals surface area contributed by atoms with Crippen LogP contribution in [0.2, 0.25) is 10.0 Å². The largest absolute Gasteiger partial charge is 0.492 e. The molecule has 1 saturated heterocycles. The molecule has 0 aromatic heterocycles. The summed E-state index contributed by atoms with van der Waals surface area (Å²) in [7, 11) is 0. The van der Waals surface area contributed by atoms with E-state index in [-0.39, 0.29) is 18.1 Å². The molecule has 1 heterocycles. The molecule has 0 N–H and O–H groups in total. The molecule has 122 valence electrons. The minimum Gasteiger partial charge on any atom is -0.492 e. The number of nitrogens with zero attached hydrogens (tertiary/aromatic N) is 1. The summed E-state index contributed by atoms with van der Waals surface area (Å²) in [6.07, 6.45) is 1.30. The minimum absolute atomic E-state index is 0.0943. The number of rotatable bonds is 5. The Morgan fingerprint density at radius 3 is 2.64 bits per heavy atom. The molecule has 1 aliphatic heterocycles. The maximum Gasteiger partial charge on any atom is 0.222 e. The zero-order chi connectivity index (χ0) is 16.1. The Bertz CT molecular complexity index is 514. The van der Waals surface area contributed by atoms with E-state index in [1.807, 2.05) is 18.7 Å². The van der Waals surface area contributed by atoms with Crippen LogP contribution in [0, 0.1) is 0 Å². The lowest BCUT2D eigenvalue weighted by molar-refractivity contribution is -0.143. The van der Waals surface area contributed by atoms with Gasteiger partial charge < -0.3 is 14.4 Å². The van der Waals surface area contributed by atoms with Gasteiger partial charge in [-0.3, -0.25) is 4.79 Å². The fourth-order valence-corrected chi connectivity index (χ4v) is 3.00. The van der Waals surface area contributed by atoms with Gasteiger partial charge >= 0.3 is 0 Å². The van der Waals surface area contributed by atoms with Crippen molar-refractivity contribution in [2.24, 2.45) is 0 Å². The lowest BCUT2D eigenvalue weighted by atomic mass is 10.2. The fourth-order valence-electron chi connectivity index (χ4n) is 2.54. The molecule has 22 heavy (non-hydrogen) atoms. The van der Waals surface area contributed by atoms with Crippen LogP contribution >= 0.6 is 23.2 Å². The van der Waals surface area contributed by atoms with Gasteiger partial charge in [0.1, 0.15) is 5.75 Å². The van der Waals surface area contributed by atoms with Gasteiger partial charge in [-0.1, -0.05) is 23.2 Å². The molecule has 0 radical (unpaired) electrons. The van der Waals surface area contributed by atoms with Crippen LogP contribution in [0.3, 0.4) is 0 Å². The van der Waals surface area contributed by atoms with Crippen molar-refractivity contribution in [1.82, 2.24) is 4.90 Å². The van der Waals surface area contributed by atoms with Crippen LogP contribution in [0.4, 0.5) is 0 Å². The number of amides is 1. The monoisotopic (exact) mass is 345 g/mol. The lowest BCUT2D eigenvalue weighted by Crippen LogP contribution is -2.48. The average molecular weight is 346 g/mol. The molecule has 0 saturated carbocycles. The lowest BCUT2D eigenvalue weighted by Gasteiger charge is -2.35. The molecular weight excluding hydrogens is 325 g/mol. The van der Waals surface area contributed by atoms with E-state index in [4.69, 9.17) is 32.7 Å². The number of ether oxygens (including phenoxy) is 2. The van der Waals surface area contributed by atoms with Crippen molar-refractivity contribution in [2.75, 3.05) is 19.7 Å². The number of morpholine rings is 1. The number of hydrogen-bond acceptors (Lipinski definition) is 3. The summed E-state index contributed by atoms with van der Waals surface area (Å²) < 4.78 is 11.2. The molecule has 1 aromatic carbocycles. The molecule has 6 heteroatoms. The molecule has 0 aliphatic carbocycles. The Morgan fingerprint density at radius 1 is 1.32 bits per heavy atom. The fraction of sp³-hybridized carbons (Fsp3) is 0.562. The van der Waals surface area contributed by atoms with Crippen LogP contribution in [0.15, 0.2) is 18.2 Å². The second-order valence-electron chi connectivity index (χ2n) is 5.58. The molecular formula is C16H21Cl2NO3. The van der Waals surface area contributed by atoms with Gasteiger partial charge in [-0.2, -0.15) is 0 Å². The third kappa shape index (κ3) is 5.04. The summed E-state index contributed by atoms with van der Waals surface area (Å²) in [5.74, 6) is 0.736. The first-order chi connectivity index (χ1) is 10.5. The van der Waals surface area contributed by atoms with E-state index in [1.165, 1.54) is 0 Å². The molecule has 0 spiro atoms. The highest BCUT2D eigenvalue weighted by Gasteiger charge is 2.25. The quantitative estimate of drug-likeness (QED) is 0.762. The Balaban J connectivity index is 1.73. The highest BCUT2D eigenvalue weighted by Crippen LogP contribution is 2.27. The number of benzene rings is 1. The van der Waals surface area contributed by atoms with E-state index in [0.717, 1.165) is 0 Å². The van der Waals surface area contributed by atoms with Gasteiger partial charge in [-0.05, 0) is 38.5 Å². The van der Waals surface area contributed by atoms with Crippen molar-refractivity contribution in [3.63, 3.8) is 0 Å². The first-order valence-corrected chi connectivity index (χ1v) is 8.22. The first-order valence-electron chi connectivity index (χ1n) is 7.47. The third-order valence-corrected chi connectivity index (χ3v) is 3.99. The molecule has 4 nitrogen and oxygen atoms in total. The van der Waals surface area contributed by atoms with E-state index in [0.29, 0.717) is 48.3 Å². The summed E-state index contributed by atoms with van der Waals surface area (Å²) in [5, 5.41) is 1.05. The number of carbonyl (C=O) groups excluding carboxylic acids is 1. The topological polar surface area (TPSA) is 38.8 Å². The van der Waals surface area contributed by atoms with E-state index >= 15 is 0 Å². The van der Waals surface area contributed by atoms with Gasteiger partial charge in [0.15, 0.2) is 0 Å². The molecule has 1 fully saturated rings. The molecule has 0 unspecified atom stereocenters. The smallest absolute Gasteiger partial charge is 0.222 e. The van der Waals surface area contributed by atoms with Crippen LogP contribution in [-0.2, 0) is 9.53 Å². The number of carbonyl (C=O) groups is 1. The minimum atomic E-state index is 0.0943. The van der Waals surface area contributed by atoms with Crippen LogP contribution in [0.5, 0.6) is 5.75 Å². The van der Waals surface area contributed by atoms with Crippen molar-refractivity contribution >= 4 is 29.1 Å². The Kier molecular flexibility index (Phi) is 6.36. The predicted octanol–water partition coefficient (Wildman–Crippen LogP) is 3.79. The summed E-state index contributed by atoms with van der Waals surface area (Å²) in [4.78, 5) is 14.1. The Labute approximate surface area is 141 Å². The van der Waals surface area contributed by atoms with E-state index < -0.39 is 0 Å². The first kappa shape index (κ1) is 17.4. The van der Waals surface area contributed by atoms with Crippen molar-refractivity contribution < 1.29 is 14.3 Å². The zero-order valence-corrected chi connectivity index (χ0v) is 14.4. The van der Waals surface area contributed by atoms with Crippen LogP contribution in [-0.4, -0.2) is 42.7 Å². The number of hydrogen-bond donors (Lipinski definition) is 0. The predicted molar refractivity (Wildman–Crippen MR) is 87.8 cm³/mol. The van der Waals surface area contributed by atoms with Crippen LogP contribution in [0.25, 0.3) is 0 Å². The Morgan fingerprint density at radius 2 is 2.00 bits per heavy atom. The second kappa shape index (κ2) is 8.04. The molecule has 1 aliphatic rings. The van der Waals surface area contributed by atoms with Gasteiger partial charge in [0.05, 0.1) is 23.8 Å². The summed E-state index contributed by atoms with van der Waals surface area (Å²) in [5.41, 5.74) is 0. The molecule has 2 rings (SSSR count). The van der Waals surface area contributed by atoms with Crippen molar-refractivity contribution in [3.8, 4) is 5.75 Å².